The fourth-order valence-electron chi connectivity index (χ4n) is 3.06. The van der Waals surface area contributed by atoms with Crippen LogP contribution in [0.25, 0.3) is 0 Å². The van der Waals surface area contributed by atoms with Crippen LogP contribution >= 0.6 is 11.8 Å². The molecule has 0 unspecified atom stereocenters. The summed E-state index contributed by atoms with van der Waals surface area (Å²) in [5, 5.41) is 0.275. The highest BCUT2D eigenvalue weighted by Crippen LogP contribution is 2.36. The van der Waals surface area contributed by atoms with Gasteiger partial charge in [-0.1, -0.05) is 30.7 Å². The molecule has 2 aliphatic rings. The minimum Gasteiger partial charge on any atom is -0.330 e. The highest BCUT2D eigenvalue weighted by Gasteiger charge is 2.35. The van der Waals surface area contributed by atoms with Gasteiger partial charge in [0.05, 0.1) is 0 Å². The van der Waals surface area contributed by atoms with E-state index in [0.29, 0.717) is 6.04 Å². The number of nitrogens with zero attached hydrogens (tertiary/aromatic N) is 1. The average Bonchev–Trinajstić information content (AvgIpc) is 2.35. The number of hydrogen-bond acceptors (Lipinski definition) is 2. The van der Waals surface area contributed by atoms with E-state index in [1.807, 2.05) is 6.08 Å². The van der Waals surface area contributed by atoms with Gasteiger partial charge in [-0.2, -0.15) is 0 Å². The first-order valence-electron chi connectivity index (χ1n) is 6.37. The summed E-state index contributed by atoms with van der Waals surface area (Å²) in [7, 11) is 0. The van der Waals surface area contributed by atoms with E-state index in [0.717, 1.165) is 18.2 Å². The fraction of sp³-hybridized carbons (Fsp3) is 0.769. The van der Waals surface area contributed by atoms with E-state index < -0.39 is 0 Å². The van der Waals surface area contributed by atoms with E-state index in [4.69, 9.17) is 0 Å². The van der Waals surface area contributed by atoms with Crippen molar-refractivity contribution in [2.75, 3.05) is 12.3 Å². The molecule has 2 rings (SSSR count). The summed E-state index contributed by atoms with van der Waals surface area (Å²) in [5.74, 6) is 1.53. The Kier molecular flexibility index (Phi) is 4.33. The lowest BCUT2D eigenvalue weighted by atomic mass is 9.78. The second kappa shape index (κ2) is 5.76. The van der Waals surface area contributed by atoms with Gasteiger partial charge in [0.1, 0.15) is 0 Å². The molecule has 1 aliphatic heterocycles. The summed E-state index contributed by atoms with van der Waals surface area (Å²) < 4.78 is 0. The molecule has 1 saturated heterocycles. The topological polar surface area (TPSA) is 20.3 Å². The molecule has 1 saturated carbocycles. The summed E-state index contributed by atoms with van der Waals surface area (Å²) in [4.78, 5) is 14.2. The van der Waals surface area contributed by atoms with Crippen LogP contribution in [0.15, 0.2) is 12.7 Å². The lowest BCUT2D eigenvalue weighted by Crippen LogP contribution is -2.48. The molecule has 2 atom stereocenters. The predicted molar refractivity (Wildman–Crippen MR) is 69.7 cm³/mol. The number of likely N-dealkylation sites (tertiary alicyclic amines) is 1. The lowest BCUT2D eigenvalue weighted by Gasteiger charge is -2.43. The predicted octanol–water partition coefficient (Wildman–Crippen LogP) is 3.68. The van der Waals surface area contributed by atoms with Crippen LogP contribution in [-0.2, 0) is 0 Å². The van der Waals surface area contributed by atoms with Crippen molar-refractivity contribution < 1.29 is 4.79 Å². The quantitative estimate of drug-likeness (QED) is 0.685. The van der Waals surface area contributed by atoms with E-state index in [9.17, 15) is 4.79 Å². The van der Waals surface area contributed by atoms with Gasteiger partial charge in [-0.3, -0.25) is 4.79 Å². The molecule has 0 aromatic rings. The van der Waals surface area contributed by atoms with Crippen molar-refractivity contribution in [1.29, 1.82) is 0 Å². The van der Waals surface area contributed by atoms with E-state index in [1.165, 1.54) is 50.3 Å². The smallest absolute Gasteiger partial charge is 0.282 e. The molecule has 1 amide bonds. The first kappa shape index (κ1) is 12.0. The molecule has 0 spiro atoms. The van der Waals surface area contributed by atoms with Crippen molar-refractivity contribution in [1.82, 2.24) is 4.90 Å². The van der Waals surface area contributed by atoms with Gasteiger partial charge in [0.25, 0.3) is 5.24 Å². The molecule has 1 heterocycles. The first-order chi connectivity index (χ1) is 7.83. The van der Waals surface area contributed by atoms with Crippen molar-refractivity contribution in [3.8, 4) is 0 Å². The maximum atomic E-state index is 12.1. The van der Waals surface area contributed by atoms with Crippen LogP contribution in [0.1, 0.15) is 38.5 Å². The van der Waals surface area contributed by atoms with Gasteiger partial charge in [0.2, 0.25) is 0 Å². The van der Waals surface area contributed by atoms with Crippen molar-refractivity contribution in [3.63, 3.8) is 0 Å². The van der Waals surface area contributed by atoms with Crippen LogP contribution < -0.4 is 0 Å². The number of fused-ring (bicyclic) bond motifs is 1. The van der Waals surface area contributed by atoms with Gasteiger partial charge in [-0.05, 0) is 31.6 Å². The Hall–Kier alpha value is -0.440. The van der Waals surface area contributed by atoms with E-state index in [1.54, 1.807) is 0 Å². The number of carbonyl (C=O) groups excluding carboxylic acids is 1. The van der Waals surface area contributed by atoms with Crippen LogP contribution in [0.4, 0.5) is 4.79 Å². The number of amides is 1. The Balaban J connectivity index is 1.96. The monoisotopic (exact) mass is 239 g/mol. The highest BCUT2D eigenvalue weighted by molar-refractivity contribution is 8.13. The molecule has 2 nitrogen and oxygen atoms in total. The van der Waals surface area contributed by atoms with Crippen LogP contribution in [0.5, 0.6) is 0 Å². The minimum atomic E-state index is 0.275. The minimum absolute atomic E-state index is 0.275. The number of thioether (sulfide) groups is 1. The number of hydrogen-bond donors (Lipinski definition) is 0. The molecule has 90 valence electrons. The Morgan fingerprint density at radius 2 is 2.06 bits per heavy atom. The van der Waals surface area contributed by atoms with Gasteiger partial charge < -0.3 is 4.90 Å². The first-order valence-corrected chi connectivity index (χ1v) is 7.36. The van der Waals surface area contributed by atoms with Crippen LogP contribution in [0.2, 0.25) is 0 Å². The fourth-order valence-corrected chi connectivity index (χ4v) is 3.72. The SMILES string of the molecule is C=CCSC(=O)N1CCC[C@H]2CCCC[C@H]21. The Bertz CT molecular complexity index is 265. The van der Waals surface area contributed by atoms with Gasteiger partial charge in [-0.15, -0.1) is 6.58 Å². The van der Waals surface area contributed by atoms with Crippen molar-refractivity contribution in [2.24, 2.45) is 5.92 Å². The third kappa shape index (κ3) is 2.62. The summed E-state index contributed by atoms with van der Waals surface area (Å²) in [6.07, 6.45) is 9.57. The highest BCUT2D eigenvalue weighted by atomic mass is 32.2. The average molecular weight is 239 g/mol. The van der Waals surface area contributed by atoms with Crippen LogP contribution in [0.3, 0.4) is 0 Å². The summed E-state index contributed by atoms with van der Waals surface area (Å²) >= 11 is 1.41. The number of carbonyl (C=O) groups is 1. The maximum absolute atomic E-state index is 12.1. The van der Waals surface area contributed by atoms with Crippen LogP contribution in [-0.4, -0.2) is 28.5 Å². The Morgan fingerprint density at radius 1 is 1.31 bits per heavy atom. The summed E-state index contributed by atoms with van der Waals surface area (Å²) in [5.41, 5.74) is 0. The van der Waals surface area contributed by atoms with Crippen LogP contribution in [0, 0.1) is 5.92 Å². The summed E-state index contributed by atoms with van der Waals surface area (Å²) in [6, 6.07) is 0.548. The second-order valence-corrected chi connectivity index (χ2v) is 5.78. The second-order valence-electron chi connectivity index (χ2n) is 4.81. The van der Waals surface area contributed by atoms with Gasteiger partial charge in [0.15, 0.2) is 0 Å². The van der Waals surface area contributed by atoms with Gasteiger partial charge >= 0.3 is 0 Å². The molecule has 3 heteroatoms. The van der Waals surface area contributed by atoms with Crippen molar-refractivity contribution >= 4 is 17.0 Å². The molecule has 0 bridgehead atoms. The van der Waals surface area contributed by atoms with E-state index in [-0.39, 0.29) is 5.24 Å². The lowest BCUT2D eigenvalue weighted by molar-refractivity contribution is 0.0968. The van der Waals surface area contributed by atoms with E-state index in [2.05, 4.69) is 11.5 Å². The van der Waals surface area contributed by atoms with Crippen molar-refractivity contribution in [2.45, 2.75) is 44.6 Å². The zero-order chi connectivity index (χ0) is 11.4. The summed E-state index contributed by atoms with van der Waals surface area (Å²) in [6.45, 7) is 4.64. The van der Waals surface area contributed by atoms with Crippen molar-refractivity contribution in [3.05, 3.63) is 12.7 Å². The number of rotatable bonds is 2. The molecule has 0 N–H and O–H groups in total. The molecule has 0 radical (unpaired) electrons. The third-order valence-electron chi connectivity index (χ3n) is 3.80. The molecular weight excluding hydrogens is 218 g/mol. The normalized spacial score (nSPS) is 29.6. The number of piperidine rings is 1. The molecule has 16 heavy (non-hydrogen) atoms. The standard InChI is InChI=1S/C13H21NOS/c1-2-10-16-13(15)14-9-5-7-11-6-3-4-8-12(11)14/h2,11-12H,1,3-10H2/t11-,12-/m1/s1. The molecule has 0 aromatic heterocycles. The molecule has 1 aliphatic carbocycles. The molecule has 2 fully saturated rings. The van der Waals surface area contributed by atoms with Gasteiger partial charge in [-0.25, -0.2) is 0 Å². The van der Waals surface area contributed by atoms with Gasteiger partial charge in [0, 0.05) is 18.3 Å². The maximum Gasteiger partial charge on any atom is 0.282 e. The molecule has 0 aromatic carbocycles. The Morgan fingerprint density at radius 3 is 2.88 bits per heavy atom. The third-order valence-corrected chi connectivity index (χ3v) is 4.69. The zero-order valence-corrected chi connectivity index (χ0v) is 10.7. The zero-order valence-electron chi connectivity index (χ0n) is 9.86. The molecular formula is C13H21NOS. The Labute approximate surface area is 102 Å². The van der Waals surface area contributed by atoms with E-state index >= 15 is 0 Å². The largest absolute Gasteiger partial charge is 0.330 e.